The number of thiazole rings is 1. The number of hydrogen-bond donors (Lipinski definition) is 0. The average molecular weight is 412 g/mol. The van der Waals surface area contributed by atoms with Crippen molar-refractivity contribution >= 4 is 17.2 Å². The molecule has 1 amide bonds. The second-order valence-corrected chi connectivity index (χ2v) is 7.97. The summed E-state index contributed by atoms with van der Waals surface area (Å²) < 4.78 is 10.5. The fourth-order valence-electron chi connectivity index (χ4n) is 3.47. The van der Waals surface area contributed by atoms with Crippen LogP contribution in [0.15, 0.2) is 52.5 Å². The first-order valence-electron chi connectivity index (χ1n) is 9.82. The second-order valence-electron chi connectivity index (χ2n) is 7.11. The fraction of sp³-hybridized carbons (Fsp3) is 0.364. The van der Waals surface area contributed by atoms with Crippen molar-refractivity contribution in [2.24, 2.45) is 0 Å². The van der Waals surface area contributed by atoms with E-state index in [-0.39, 0.29) is 5.91 Å². The molecule has 1 aliphatic heterocycles. The molecule has 2 aromatic heterocycles. The van der Waals surface area contributed by atoms with E-state index in [4.69, 9.17) is 14.1 Å². The number of methoxy groups -OCH3 is 1. The molecular formula is C22H25N3O3S. The summed E-state index contributed by atoms with van der Waals surface area (Å²) in [5.74, 6) is 1.92. The molecule has 0 atom stereocenters. The maximum atomic E-state index is 12.4. The summed E-state index contributed by atoms with van der Waals surface area (Å²) in [5, 5.41) is 3.15. The van der Waals surface area contributed by atoms with E-state index in [0.717, 1.165) is 60.5 Å². The topological polar surface area (TPSA) is 58.8 Å². The number of rotatable bonds is 7. The van der Waals surface area contributed by atoms with Crippen molar-refractivity contribution in [2.75, 3.05) is 33.3 Å². The molecule has 29 heavy (non-hydrogen) atoms. The maximum absolute atomic E-state index is 12.4. The van der Waals surface area contributed by atoms with Gasteiger partial charge in [-0.15, -0.1) is 11.3 Å². The van der Waals surface area contributed by atoms with Crippen LogP contribution in [-0.2, 0) is 17.8 Å². The molecule has 0 N–H and O–H groups in total. The molecule has 0 aliphatic carbocycles. The Hall–Kier alpha value is -2.64. The van der Waals surface area contributed by atoms with Gasteiger partial charge < -0.3 is 14.1 Å². The zero-order chi connectivity index (χ0) is 20.1. The van der Waals surface area contributed by atoms with Gasteiger partial charge >= 0.3 is 0 Å². The highest BCUT2D eigenvalue weighted by atomic mass is 32.1. The highest BCUT2D eigenvalue weighted by Gasteiger charge is 2.21. The predicted molar refractivity (Wildman–Crippen MR) is 113 cm³/mol. The van der Waals surface area contributed by atoms with Crippen LogP contribution in [0.2, 0.25) is 0 Å². The van der Waals surface area contributed by atoms with Crippen molar-refractivity contribution in [3.63, 3.8) is 0 Å². The number of furan rings is 1. The van der Waals surface area contributed by atoms with Crippen molar-refractivity contribution < 1.29 is 13.9 Å². The van der Waals surface area contributed by atoms with Crippen molar-refractivity contribution in [3.8, 4) is 16.3 Å². The van der Waals surface area contributed by atoms with Crippen molar-refractivity contribution in [1.29, 1.82) is 0 Å². The smallest absolute Gasteiger partial charge is 0.223 e. The van der Waals surface area contributed by atoms with Gasteiger partial charge in [0, 0.05) is 56.5 Å². The first-order chi connectivity index (χ1) is 14.2. The Morgan fingerprint density at radius 3 is 2.66 bits per heavy atom. The minimum Gasteiger partial charge on any atom is -0.497 e. The number of hydrogen-bond acceptors (Lipinski definition) is 6. The molecule has 3 heterocycles. The van der Waals surface area contributed by atoms with Gasteiger partial charge in [0.2, 0.25) is 5.91 Å². The quantitative estimate of drug-likeness (QED) is 0.593. The summed E-state index contributed by atoms with van der Waals surface area (Å²) in [7, 11) is 1.67. The third kappa shape index (κ3) is 5.05. The largest absolute Gasteiger partial charge is 0.497 e. The summed E-state index contributed by atoms with van der Waals surface area (Å²) in [5.41, 5.74) is 2.19. The number of ether oxygens (including phenoxy) is 1. The summed E-state index contributed by atoms with van der Waals surface area (Å²) >= 11 is 1.66. The molecule has 0 unspecified atom stereocenters. The van der Waals surface area contributed by atoms with Gasteiger partial charge in [-0.25, -0.2) is 4.98 Å². The molecule has 1 fully saturated rings. The standard InChI is InChI=1S/C22H25N3O3S/c1-27-19-6-4-17(5-7-19)22-23-18(16-29-22)15-24-10-12-25(13-11-24)21(26)9-8-20-3-2-14-28-20/h2-7,14,16H,8-13,15H2,1H3. The van der Waals surface area contributed by atoms with E-state index >= 15 is 0 Å². The lowest BCUT2D eigenvalue weighted by molar-refractivity contribution is -0.133. The molecule has 1 aliphatic rings. The number of carbonyl (C=O) groups is 1. The minimum atomic E-state index is 0.205. The van der Waals surface area contributed by atoms with Gasteiger partial charge in [-0.2, -0.15) is 0 Å². The Labute approximate surface area is 174 Å². The van der Waals surface area contributed by atoms with E-state index < -0.39 is 0 Å². The zero-order valence-corrected chi connectivity index (χ0v) is 17.4. The maximum Gasteiger partial charge on any atom is 0.223 e. The minimum absolute atomic E-state index is 0.205. The Kier molecular flexibility index (Phi) is 6.27. The van der Waals surface area contributed by atoms with Crippen LogP contribution >= 0.6 is 11.3 Å². The second kappa shape index (κ2) is 9.24. The molecule has 3 aromatic rings. The van der Waals surface area contributed by atoms with Crippen LogP contribution in [0.1, 0.15) is 17.9 Å². The SMILES string of the molecule is COc1ccc(-c2nc(CN3CCN(C(=O)CCc4ccco4)CC3)cs2)cc1. The van der Waals surface area contributed by atoms with Crippen LogP contribution in [0.25, 0.3) is 10.6 Å². The van der Waals surface area contributed by atoms with Gasteiger partial charge in [-0.3, -0.25) is 9.69 Å². The molecule has 0 bridgehead atoms. The fourth-order valence-corrected chi connectivity index (χ4v) is 4.29. The molecule has 152 valence electrons. The normalized spacial score (nSPS) is 14.9. The lowest BCUT2D eigenvalue weighted by Crippen LogP contribution is -2.48. The van der Waals surface area contributed by atoms with Gasteiger partial charge in [-0.05, 0) is 36.4 Å². The van der Waals surface area contributed by atoms with E-state index in [2.05, 4.69) is 10.3 Å². The van der Waals surface area contributed by atoms with Gasteiger partial charge in [0.25, 0.3) is 0 Å². The van der Waals surface area contributed by atoms with Crippen molar-refractivity contribution in [1.82, 2.24) is 14.8 Å². The third-order valence-corrected chi connectivity index (χ3v) is 6.10. The van der Waals surface area contributed by atoms with E-state index in [1.54, 1.807) is 24.7 Å². The molecule has 1 saturated heterocycles. The van der Waals surface area contributed by atoms with E-state index in [1.807, 2.05) is 41.3 Å². The Bertz CT molecular complexity index is 913. The third-order valence-electron chi connectivity index (χ3n) is 5.16. The van der Waals surface area contributed by atoms with Crippen LogP contribution in [0.5, 0.6) is 5.75 Å². The number of carbonyl (C=O) groups excluding carboxylic acids is 1. The van der Waals surface area contributed by atoms with E-state index in [0.29, 0.717) is 12.8 Å². The van der Waals surface area contributed by atoms with E-state index in [1.165, 1.54) is 0 Å². The first kappa shape index (κ1) is 19.7. The van der Waals surface area contributed by atoms with Crippen LogP contribution in [0, 0.1) is 0 Å². The average Bonchev–Trinajstić information content (AvgIpc) is 3.45. The summed E-state index contributed by atoms with van der Waals surface area (Å²) in [6, 6.07) is 11.8. The number of aromatic nitrogens is 1. The highest BCUT2D eigenvalue weighted by Crippen LogP contribution is 2.26. The molecule has 6 nitrogen and oxygen atoms in total. The van der Waals surface area contributed by atoms with Crippen LogP contribution in [0.3, 0.4) is 0 Å². The molecule has 0 spiro atoms. The molecule has 1 aromatic carbocycles. The van der Waals surface area contributed by atoms with Crippen LogP contribution < -0.4 is 4.74 Å². The summed E-state index contributed by atoms with van der Waals surface area (Å²) in [6.07, 6.45) is 2.82. The van der Waals surface area contributed by atoms with Crippen LogP contribution in [0.4, 0.5) is 0 Å². The van der Waals surface area contributed by atoms with Gasteiger partial charge in [0.15, 0.2) is 0 Å². The molecule has 7 heteroatoms. The van der Waals surface area contributed by atoms with Crippen molar-refractivity contribution in [2.45, 2.75) is 19.4 Å². The number of piperazine rings is 1. The predicted octanol–water partition coefficient (Wildman–Crippen LogP) is 3.69. The monoisotopic (exact) mass is 411 g/mol. The van der Waals surface area contributed by atoms with E-state index in [9.17, 15) is 4.79 Å². The zero-order valence-electron chi connectivity index (χ0n) is 16.5. The summed E-state index contributed by atoms with van der Waals surface area (Å²) in [4.78, 5) is 21.5. The Morgan fingerprint density at radius 1 is 1.17 bits per heavy atom. The van der Waals surface area contributed by atoms with Crippen molar-refractivity contribution in [3.05, 3.63) is 59.5 Å². The van der Waals surface area contributed by atoms with Crippen LogP contribution in [-0.4, -0.2) is 54.0 Å². The number of nitrogens with zero attached hydrogens (tertiary/aromatic N) is 3. The number of aryl methyl sites for hydroxylation is 1. The molecule has 0 radical (unpaired) electrons. The molecular weight excluding hydrogens is 386 g/mol. The number of amides is 1. The lowest BCUT2D eigenvalue weighted by atomic mass is 10.2. The van der Waals surface area contributed by atoms with Gasteiger partial charge in [0.05, 0.1) is 19.1 Å². The van der Waals surface area contributed by atoms with Gasteiger partial charge in [-0.1, -0.05) is 0 Å². The number of benzene rings is 1. The van der Waals surface area contributed by atoms with Gasteiger partial charge in [0.1, 0.15) is 16.5 Å². The highest BCUT2D eigenvalue weighted by molar-refractivity contribution is 7.13. The molecule has 4 rings (SSSR count). The Morgan fingerprint density at radius 2 is 1.97 bits per heavy atom. The molecule has 0 saturated carbocycles. The Balaban J connectivity index is 1.25. The lowest BCUT2D eigenvalue weighted by Gasteiger charge is -2.34. The summed E-state index contributed by atoms with van der Waals surface area (Å²) in [6.45, 7) is 4.11. The first-order valence-corrected chi connectivity index (χ1v) is 10.7.